The Morgan fingerprint density at radius 2 is 0.490 bits per heavy atom. The van der Waals surface area contributed by atoms with E-state index in [1.54, 1.807) is 0 Å². The van der Waals surface area contributed by atoms with Gasteiger partial charge in [0.1, 0.15) is 19.3 Å². The van der Waals surface area contributed by atoms with Crippen LogP contribution in [0.1, 0.15) is 374 Å². The lowest BCUT2D eigenvalue weighted by Crippen LogP contribution is -2.30. The average Bonchev–Trinajstić information content (AvgIpc) is 0.917. The Hall–Kier alpha value is -3.50. The van der Waals surface area contributed by atoms with Crippen molar-refractivity contribution >= 4 is 39.5 Å². The van der Waals surface area contributed by atoms with Gasteiger partial charge in [0.05, 0.1) is 26.4 Å². The molecule has 0 aliphatic carbocycles. The monoisotopic (exact) mass is 1480 g/mol. The Morgan fingerprint density at radius 1 is 0.275 bits per heavy atom. The van der Waals surface area contributed by atoms with Gasteiger partial charge in [-0.3, -0.25) is 37.3 Å². The molecule has 0 aliphatic heterocycles. The van der Waals surface area contributed by atoms with Crippen LogP contribution in [0, 0.1) is 0 Å². The standard InChI is InChI=1S/C83H150O17P2/c1-5-9-13-17-21-25-29-33-37-38-42-46-50-54-58-62-66-70-83(88)100-79(74-94-81(86)68-64-60-56-52-48-44-40-35-31-27-23-19-15-11-7-3)76-98-102(91,92)96-72-77(84)71-95-101(89,90)97-75-78(99-82(87)69-65-61-57-53-49-45-41-36-32-28-24-20-16-12-8-4)73-93-80(85)67-63-59-55-51-47-43-39-34-30-26-22-18-14-10-6-2/h21,25-26,30,33,35,37,40,42,46,54,58,77-79,84H,5-20,22-24,27-29,31-32,34,36,38-39,41,43-45,47-53,55-57,59-76H2,1-4H3,(H,89,90)(H,91,92)/b25-21-,30-26-,37-33-,40-35-,46-42-,58-54-/t77-,78+,79+/m0/s1. The van der Waals surface area contributed by atoms with Gasteiger partial charge < -0.3 is 33.8 Å². The minimum absolute atomic E-state index is 0.0204. The molecule has 0 aromatic carbocycles. The summed E-state index contributed by atoms with van der Waals surface area (Å²) >= 11 is 0. The second kappa shape index (κ2) is 75.7. The van der Waals surface area contributed by atoms with E-state index in [9.17, 15) is 43.2 Å². The Bertz CT molecular complexity index is 2210. The molecule has 0 radical (unpaired) electrons. The molecule has 3 N–H and O–H groups in total. The second-order valence-electron chi connectivity index (χ2n) is 27.7. The van der Waals surface area contributed by atoms with Gasteiger partial charge in [-0.1, -0.05) is 306 Å². The summed E-state index contributed by atoms with van der Waals surface area (Å²) in [5.41, 5.74) is 0. The van der Waals surface area contributed by atoms with Crippen molar-refractivity contribution in [3.63, 3.8) is 0 Å². The summed E-state index contributed by atoms with van der Waals surface area (Å²) < 4.78 is 68.6. The predicted octanol–water partition coefficient (Wildman–Crippen LogP) is 24.0. The Balaban J connectivity index is 5.39. The van der Waals surface area contributed by atoms with Crippen molar-refractivity contribution in [2.45, 2.75) is 393 Å². The molecule has 0 rings (SSSR count). The van der Waals surface area contributed by atoms with E-state index in [-0.39, 0.29) is 25.7 Å². The van der Waals surface area contributed by atoms with Crippen LogP contribution in [0.4, 0.5) is 0 Å². The van der Waals surface area contributed by atoms with Crippen LogP contribution in [0.5, 0.6) is 0 Å². The summed E-state index contributed by atoms with van der Waals surface area (Å²) in [4.78, 5) is 73.0. The molecule has 0 saturated heterocycles. The maximum absolute atomic E-state index is 13.1. The van der Waals surface area contributed by atoms with Gasteiger partial charge in [-0.05, 0) is 116 Å². The van der Waals surface area contributed by atoms with Crippen molar-refractivity contribution in [3.05, 3.63) is 72.9 Å². The number of carbonyl (C=O) groups is 4. The van der Waals surface area contributed by atoms with Crippen LogP contribution in [0.25, 0.3) is 0 Å². The molecule has 0 aliphatic rings. The number of aliphatic hydroxyl groups is 1. The van der Waals surface area contributed by atoms with Gasteiger partial charge in [0, 0.05) is 25.7 Å². The van der Waals surface area contributed by atoms with Crippen LogP contribution in [-0.4, -0.2) is 96.7 Å². The summed E-state index contributed by atoms with van der Waals surface area (Å²) in [5, 5.41) is 10.6. The highest BCUT2D eigenvalue weighted by atomic mass is 31.2. The molecule has 0 saturated carbocycles. The summed E-state index contributed by atoms with van der Waals surface area (Å²) in [6.45, 7) is 4.83. The molecule has 0 fully saturated rings. The van der Waals surface area contributed by atoms with E-state index in [1.807, 2.05) is 12.2 Å². The van der Waals surface area contributed by atoms with Gasteiger partial charge in [0.15, 0.2) is 12.2 Å². The van der Waals surface area contributed by atoms with Gasteiger partial charge in [-0.2, -0.15) is 0 Å². The molecule has 0 aromatic rings. The minimum atomic E-state index is -4.99. The Labute approximate surface area is 622 Å². The number of hydrogen-bond acceptors (Lipinski definition) is 15. The first kappa shape index (κ1) is 98.5. The van der Waals surface area contributed by atoms with E-state index in [4.69, 9.17) is 37.0 Å². The number of phosphoric acid groups is 2. The largest absolute Gasteiger partial charge is 0.472 e. The SMILES string of the molecule is CCCCC/C=C\C/C=C\C/C=C\C/C=C\CCCC(=O)O[C@H](COC(=O)CCCCCCC/C=C\CCCCCCCC)COP(=O)(O)OC[C@@H](O)COP(=O)(O)OC[C@@H](COC(=O)CCCCCCCCC/C=C\CCCCCC)OC(=O)CCCCCCCCCCCCCCCCC. The van der Waals surface area contributed by atoms with Crippen molar-refractivity contribution in [3.8, 4) is 0 Å². The van der Waals surface area contributed by atoms with Crippen LogP contribution in [0.15, 0.2) is 72.9 Å². The molecule has 5 atom stereocenters. The van der Waals surface area contributed by atoms with Gasteiger partial charge >= 0.3 is 39.5 Å². The zero-order valence-corrected chi connectivity index (χ0v) is 66.8. The number of esters is 4. The van der Waals surface area contributed by atoms with E-state index in [1.165, 1.54) is 161 Å². The quantitative estimate of drug-likeness (QED) is 0.0169. The van der Waals surface area contributed by atoms with Crippen LogP contribution in [0.2, 0.25) is 0 Å². The van der Waals surface area contributed by atoms with Gasteiger partial charge in [-0.15, -0.1) is 0 Å². The summed E-state index contributed by atoms with van der Waals surface area (Å²) in [5.74, 6) is -2.22. The summed E-state index contributed by atoms with van der Waals surface area (Å²) in [6.07, 6.45) is 77.3. The molecular formula is C83H150O17P2. The first-order valence-corrected chi connectivity index (χ1v) is 44.2. The first-order chi connectivity index (χ1) is 49.7. The normalized spacial score (nSPS) is 14.2. The number of unbranched alkanes of at least 4 members (excludes halogenated alkanes) is 40. The molecule has 17 nitrogen and oxygen atoms in total. The lowest BCUT2D eigenvalue weighted by atomic mass is 10.0. The van der Waals surface area contributed by atoms with Gasteiger partial charge in [0.2, 0.25) is 0 Å². The lowest BCUT2D eigenvalue weighted by molar-refractivity contribution is -0.161. The summed E-state index contributed by atoms with van der Waals surface area (Å²) in [6, 6.07) is 0. The molecule has 0 amide bonds. The van der Waals surface area contributed by atoms with Crippen molar-refractivity contribution in [1.82, 2.24) is 0 Å². The van der Waals surface area contributed by atoms with Gasteiger partial charge in [-0.25, -0.2) is 9.13 Å². The molecule has 0 spiro atoms. The minimum Gasteiger partial charge on any atom is -0.462 e. The van der Waals surface area contributed by atoms with Crippen LogP contribution in [-0.2, 0) is 65.4 Å². The average molecular weight is 1480 g/mol. The topological polar surface area (TPSA) is 237 Å². The van der Waals surface area contributed by atoms with Crippen molar-refractivity contribution < 1.29 is 80.2 Å². The van der Waals surface area contributed by atoms with Crippen LogP contribution >= 0.6 is 15.6 Å². The maximum Gasteiger partial charge on any atom is 0.472 e. The maximum atomic E-state index is 13.1. The number of phosphoric ester groups is 2. The smallest absolute Gasteiger partial charge is 0.462 e. The highest BCUT2D eigenvalue weighted by Gasteiger charge is 2.30. The van der Waals surface area contributed by atoms with E-state index >= 15 is 0 Å². The first-order valence-electron chi connectivity index (χ1n) is 41.2. The molecular weight excluding hydrogens is 1330 g/mol. The predicted molar refractivity (Wildman–Crippen MR) is 418 cm³/mol. The fourth-order valence-electron chi connectivity index (χ4n) is 11.3. The Kier molecular flexibility index (Phi) is 73.1. The molecule has 0 aromatic heterocycles. The third-order valence-corrected chi connectivity index (χ3v) is 19.5. The fraction of sp³-hybridized carbons (Fsp3) is 0.807. The van der Waals surface area contributed by atoms with Crippen molar-refractivity contribution in [2.24, 2.45) is 0 Å². The molecule has 19 heteroatoms. The highest BCUT2D eigenvalue weighted by molar-refractivity contribution is 7.47. The fourth-order valence-corrected chi connectivity index (χ4v) is 12.9. The number of hydrogen-bond donors (Lipinski definition) is 3. The van der Waals surface area contributed by atoms with E-state index in [0.29, 0.717) is 32.1 Å². The number of carbonyl (C=O) groups excluding carboxylic acids is 4. The number of aliphatic hydroxyl groups excluding tert-OH is 1. The molecule has 102 heavy (non-hydrogen) atoms. The lowest BCUT2D eigenvalue weighted by Gasteiger charge is -2.21. The van der Waals surface area contributed by atoms with Gasteiger partial charge in [0.25, 0.3) is 0 Å². The zero-order chi connectivity index (χ0) is 74.6. The Morgan fingerprint density at radius 3 is 0.814 bits per heavy atom. The summed E-state index contributed by atoms with van der Waals surface area (Å²) in [7, 11) is -9.96. The van der Waals surface area contributed by atoms with Crippen LogP contribution < -0.4 is 0 Å². The van der Waals surface area contributed by atoms with Crippen molar-refractivity contribution in [1.29, 1.82) is 0 Å². The number of rotatable bonds is 78. The number of ether oxygens (including phenoxy) is 4. The van der Waals surface area contributed by atoms with Crippen molar-refractivity contribution in [2.75, 3.05) is 39.6 Å². The molecule has 0 heterocycles. The third-order valence-electron chi connectivity index (χ3n) is 17.6. The highest BCUT2D eigenvalue weighted by Crippen LogP contribution is 2.45. The number of allylic oxidation sites excluding steroid dienone is 12. The third kappa shape index (κ3) is 74.8. The molecule has 594 valence electrons. The second-order valence-corrected chi connectivity index (χ2v) is 30.6. The van der Waals surface area contributed by atoms with E-state index in [2.05, 4.69) is 88.5 Å². The molecule has 2 unspecified atom stereocenters. The molecule has 0 bridgehead atoms. The van der Waals surface area contributed by atoms with Crippen LogP contribution in [0.3, 0.4) is 0 Å². The van der Waals surface area contributed by atoms with E-state index in [0.717, 1.165) is 128 Å². The zero-order valence-electron chi connectivity index (χ0n) is 65.0. The van der Waals surface area contributed by atoms with E-state index < -0.39 is 97.5 Å².